The van der Waals surface area contributed by atoms with E-state index < -0.39 is 0 Å². The van der Waals surface area contributed by atoms with Gasteiger partial charge >= 0.3 is 5.97 Å². The molecular formula is C14H18N4O2S2. The van der Waals surface area contributed by atoms with Crippen molar-refractivity contribution in [2.75, 3.05) is 17.7 Å². The van der Waals surface area contributed by atoms with Crippen LogP contribution in [0.3, 0.4) is 0 Å². The monoisotopic (exact) mass is 338 g/mol. The molecule has 118 valence electrons. The molecule has 2 heterocycles. The lowest BCUT2D eigenvalue weighted by Crippen LogP contribution is -2.20. The molecule has 22 heavy (non-hydrogen) atoms. The first-order valence-electron chi connectivity index (χ1n) is 6.73. The summed E-state index contributed by atoms with van der Waals surface area (Å²) >= 11 is 6.80. The Morgan fingerprint density at radius 3 is 2.77 bits per heavy atom. The van der Waals surface area contributed by atoms with Gasteiger partial charge in [0.2, 0.25) is 0 Å². The summed E-state index contributed by atoms with van der Waals surface area (Å²) in [6, 6.07) is 1.83. The van der Waals surface area contributed by atoms with Crippen LogP contribution in [0.25, 0.3) is 0 Å². The number of aryl methyl sites for hydroxylation is 3. The summed E-state index contributed by atoms with van der Waals surface area (Å²) in [5.74, 6) is -0.376. The van der Waals surface area contributed by atoms with Crippen molar-refractivity contribution >= 4 is 45.3 Å². The molecule has 0 aliphatic rings. The first kappa shape index (κ1) is 16.4. The van der Waals surface area contributed by atoms with Gasteiger partial charge in [-0.25, -0.2) is 4.79 Å². The smallest absolute Gasteiger partial charge is 0.340 e. The Morgan fingerprint density at radius 1 is 1.50 bits per heavy atom. The predicted octanol–water partition coefficient (Wildman–Crippen LogP) is 2.95. The Balaban J connectivity index is 2.15. The fourth-order valence-corrected chi connectivity index (χ4v) is 3.21. The number of thiophene rings is 1. The van der Waals surface area contributed by atoms with Crippen LogP contribution in [0.1, 0.15) is 27.9 Å². The van der Waals surface area contributed by atoms with Gasteiger partial charge in [0.05, 0.1) is 24.1 Å². The van der Waals surface area contributed by atoms with E-state index in [0.717, 1.165) is 22.7 Å². The fraction of sp³-hybridized carbons (Fsp3) is 0.357. The fourth-order valence-electron chi connectivity index (χ4n) is 1.95. The van der Waals surface area contributed by atoms with Gasteiger partial charge in [-0.2, -0.15) is 5.10 Å². The number of nitrogens with one attached hydrogen (secondary N) is 2. The normalized spacial score (nSPS) is 10.4. The zero-order valence-electron chi connectivity index (χ0n) is 12.9. The van der Waals surface area contributed by atoms with Gasteiger partial charge in [0, 0.05) is 18.1 Å². The van der Waals surface area contributed by atoms with Gasteiger partial charge in [0.1, 0.15) is 5.00 Å². The summed E-state index contributed by atoms with van der Waals surface area (Å²) in [4.78, 5) is 12.9. The summed E-state index contributed by atoms with van der Waals surface area (Å²) in [5, 5.41) is 11.5. The first-order chi connectivity index (χ1) is 10.4. The third kappa shape index (κ3) is 3.63. The van der Waals surface area contributed by atoms with Crippen molar-refractivity contribution in [1.82, 2.24) is 9.78 Å². The topological polar surface area (TPSA) is 68.2 Å². The van der Waals surface area contributed by atoms with Crippen LogP contribution in [0.4, 0.5) is 10.7 Å². The number of ether oxygens (including phenoxy) is 1. The van der Waals surface area contributed by atoms with Crippen LogP contribution in [-0.2, 0) is 18.2 Å². The van der Waals surface area contributed by atoms with E-state index in [9.17, 15) is 4.79 Å². The van der Waals surface area contributed by atoms with Gasteiger partial charge in [-0.1, -0.05) is 6.92 Å². The van der Waals surface area contributed by atoms with Gasteiger partial charge in [0.25, 0.3) is 0 Å². The Morgan fingerprint density at radius 2 is 2.23 bits per heavy atom. The molecule has 2 aromatic heterocycles. The van der Waals surface area contributed by atoms with E-state index in [-0.39, 0.29) is 5.97 Å². The summed E-state index contributed by atoms with van der Waals surface area (Å²) < 4.78 is 6.52. The molecule has 0 saturated carbocycles. The van der Waals surface area contributed by atoms with Gasteiger partial charge in [-0.3, -0.25) is 4.68 Å². The molecule has 2 rings (SSSR count). The number of hydrogen-bond acceptors (Lipinski definition) is 5. The average molecular weight is 338 g/mol. The lowest BCUT2D eigenvalue weighted by Gasteiger charge is -2.09. The molecule has 0 aromatic carbocycles. The minimum atomic E-state index is -0.376. The highest BCUT2D eigenvalue weighted by Crippen LogP contribution is 2.29. The maximum absolute atomic E-state index is 11.8. The molecule has 0 aliphatic heterocycles. The van der Waals surface area contributed by atoms with E-state index in [1.807, 2.05) is 33.2 Å². The van der Waals surface area contributed by atoms with Crippen molar-refractivity contribution in [2.24, 2.45) is 7.05 Å². The molecule has 6 nitrogen and oxygen atoms in total. The number of methoxy groups -OCH3 is 1. The van der Waals surface area contributed by atoms with Crippen molar-refractivity contribution < 1.29 is 9.53 Å². The minimum absolute atomic E-state index is 0.376. The molecule has 0 amide bonds. The predicted molar refractivity (Wildman–Crippen MR) is 92.8 cm³/mol. The van der Waals surface area contributed by atoms with E-state index in [2.05, 4.69) is 15.7 Å². The minimum Gasteiger partial charge on any atom is -0.465 e. The molecule has 0 atom stereocenters. The van der Waals surface area contributed by atoms with E-state index in [1.165, 1.54) is 18.4 Å². The molecule has 2 aromatic rings. The van der Waals surface area contributed by atoms with Gasteiger partial charge in [-0.05, 0) is 31.6 Å². The third-order valence-electron chi connectivity index (χ3n) is 3.03. The zero-order chi connectivity index (χ0) is 16.3. The number of hydrogen-bond donors (Lipinski definition) is 2. The van der Waals surface area contributed by atoms with Crippen molar-refractivity contribution in [3.05, 3.63) is 28.4 Å². The Labute approximate surface area is 138 Å². The second kappa shape index (κ2) is 6.89. The van der Waals surface area contributed by atoms with Crippen LogP contribution < -0.4 is 10.6 Å². The van der Waals surface area contributed by atoms with Crippen LogP contribution >= 0.6 is 23.6 Å². The highest BCUT2D eigenvalue weighted by molar-refractivity contribution is 7.80. The van der Waals surface area contributed by atoms with Crippen LogP contribution in [-0.4, -0.2) is 28.0 Å². The number of anilines is 2. The van der Waals surface area contributed by atoms with E-state index in [4.69, 9.17) is 17.0 Å². The third-order valence-corrected chi connectivity index (χ3v) is 4.42. The van der Waals surface area contributed by atoms with E-state index in [1.54, 1.807) is 4.68 Å². The highest BCUT2D eigenvalue weighted by atomic mass is 32.1. The van der Waals surface area contributed by atoms with Crippen LogP contribution in [0, 0.1) is 6.92 Å². The largest absolute Gasteiger partial charge is 0.465 e. The quantitative estimate of drug-likeness (QED) is 0.660. The maximum atomic E-state index is 11.8. The summed E-state index contributed by atoms with van der Waals surface area (Å²) in [7, 11) is 3.21. The molecule has 0 radical (unpaired) electrons. The highest BCUT2D eigenvalue weighted by Gasteiger charge is 2.17. The Kier molecular flexibility index (Phi) is 5.15. The van der Waals surface area contributed by atoms with Crippen molar-refractivity contribution in [1.29, 1.82) is 0 Å². The van der Waals surface area contributed by atoms with Crippen LogP contribution in [0.15, 0.2) is 12.3 Å². The SMILES string of the molecule is CCc1cc(C(=O)OC)c(NC(=S)Nc2cn(C)nc2C)s1. The number of thiocarbonyl (C=S) groups is 1. The number of carbonyl (C=O) groups is 1. The van der Waals surface area contributed by atoms with Crippen molar-refractivity contribution in [3.8, 4) is 0 Å². The summed E-state index contributed by atoms with van der Waals surface area (Å²) in [6.45, 7) is 3.93. The van der Waals surface area contributed by atoms with E-state index >= 15 is 0 Å². The second-order valence-electron chi connectivity index (χ2n) is 4.68. The Bertz CT molecular complexity index is 706. The lowest BCUT2D eigenvalue weighted by atomic mass is 10.2. The van der Waals surface area contributed by atoms with Crippen molar-refractivity contribution in [3.63, 3.8) is 0 Å². The van der Waals surface area contributed by atoms with Gasteiger partial charge in [-0.15, -0.1) is 11.3 Å². The van der Waals surface area contributed by atoms with E-state index in [0.29, 0.717) is 15.7 Å². The van der Waals surface area contributed by atoms with Crippen molar-refractivity contribution in [2.45, 2.75) is 20.3 Å². The number of carbonyl (C=O) groups excluding carboxylic acids is 1. The molecule has 0 fully saturated rings. The van der Waals surface area contributed by atoms with Gasteiger partial charge in [0.15, 0.2) is 5.11 Å². The first-order valence-corrected chi connectivity index (χ1v) is 7.96. The van der Waals surface area contributed by atoms with Crippen LogP contribution in [0.5, 0.6) is 0 Å². The van der Waals surface area contributed by atoms with Gasteiger partial charge < -0.3 is 15.4 Å². The maximum Gasteiger partial charge on any atom is 0.340 e. The molecule has 0 saturated heterocycles. The Hall–Kier alpha value is -1.93. The van der Waals surface area contributed by atoms with Crippen LogP contribution in [0.2, 0.25) is 0 Å². The molecule has 0 unspecified atom stereocenters. The second-order valence-corrected chi connectivity index (χ2v) is 6.23. The standard InChI is InChI=1S/C14H18N4O2S2/c1-5-9-6-10(13(19)20-4)12(22-9)16-14(21)15-11-7-18(3)17-8(11)2/h6-7H,5H2,1-4H3,(H2,15,16,21). The number of nitrogens with zero attached hydrogens (tertiary/aromatic N) is 2. The molecule has 8 heteroatoms. The molecule has 0 bridgehead atoms. The molecule has 2 N–H and O–H groups in total. The molecule has 0 aliphatic carbocycles. The molecular weight excluding hydrogens is 320 g/mol. The summed E-state index contributed by atoms with van der Waals surface area (Å²) in [5.41, 5.74) is 2.17. The zero-order valence-corrected chi connectivity index (χ0v) is 14.5. The summed E-state index contributed by atoms with van der Waals surface area (Å²) in [6.07, 6.45) is 2.69. The number of esters is 1. The number of aromatic nitrogens is 2. The number of rotatable bonds is 4. The molecule has 0 spiro atoms. The lowest BCUT2D eigenvalue weighted by molar-refractivity contribution is 0.0602. The average Bonchev–Trinajstić information content (AvgIpc) is 3.01.